The maximum absolute atomic E-state index is 13.0. The van der Waals surface area contributed by atoms with Crippen LogP contribution in [0.15, 0.2) is 72.2 Å². The fourth-order valence-corrected chi connectivity index (χ4v) is 4.61. The Balaban J connectivity index is 1.47. The highest BCUT2D eigenvalue weighted by Crippen LogP contribution is 2.24. The van der Waals surface area contributed by atoms with Crippen LogP contribution in [0.5, 0.6) is 0 Å². The van der Waals surface area contributed by atoms with Crippen molar-refractivity contribution in [2.45, 2.75) is 32.7 Å². The van der Waals surface area contributed by atoms with Crippen LogP contribution < -0.4 is 0 Å². The fraction of sp³-hybridized carbons (Fsp3) is 0.269. The molecule has 1 amide bonds. The van der Waals surface area contributed by atoms with Crippen molar-refractivity contribution >= 4 is 28.2 Å². The van der Waals surface area contributed by atoms with E-state index in [1.165, 1.54) is 0 Å². The molecule has 0 bridgehead atoms. The molecule has 0 aliphatic carbocycles. The first-order chi connectivity index (χ1) is 16.1. The number of carbonyl (C=O) groups is 2. The Morgan fingerprint density at radius 1 is 1.03 bits per heavy atom. The minimum absolute atomic E-state index is 0.0472. The second kappa shape index (κ2) is 10.9. The zero-order valence-corrected chi connectivity index (χ0v) is 19.5. The van der Waals surface area contributed by atoms with E-state index in [-0.39, 0.29) is 24.7 Å². The lowest BCUT2D eigenvalue weighted by molar-refractivity contribution is -0.145. The minimum atomic E-state index is -0.336. The molecule has 7 heteroatoms. The number of thiazole rings is 1. The second-order valence-electron chi connectivity index (χ2n) is 7.73. The normalized spacial score (nSPS) is 10.9. The van der Waals surface area contributed by atoms with Crippen LogP contribution in [-0.2, 0) is 27.3 Å². The van der Waals surface area contributed by atoms with E-state index < -0.39 is 0 Å². The van der Waals surface area contributed by atoms with E-state index in [2.05, 4.69) is 28.1 Å². The number of esters is 1. The van der Waals surface area contributed by atoms with Gasteiger partial charge in [0.25, 0.3) is 0 Å². The summed E-state index contributed by atoms with van der Waals surface area (Å²) < 4.78 is 7.09. The van der Waals surface area contributed by atoms with Gasteiger partial charge in [-0.15, -0.1) is 11.3 Å². The highest BCUT2D eigenvalue weighted by molar-refractivity contribution is 7.15. The Bertz CT molecular complexity index is 1200. The van der Waals surface area contributed by atoms with Crippen molar-refractivity contribution in [1.82, 2.24) is 14.3 Å². The summed E-state index contributed by atoms with van der Waals surface area (Å²) in [4.78, 5) is 32.2. The number of rotatable bonds is 10. The molecular formula is C26H27N3O3S. The first kappa shape index (κ1) is 22.7. The molecule has 0 saturated heterocycles. The smallest absolute Gasteiger partial charge is 0.306 e. The zero-order valence-electron chi connectivity index (χ0n) is 18.6. The van der Waals surface area contributed by atoms with Gasteiger partial charge < -0.3 is 9.64 Å². The summed E-state index contributed by atoms with van der Waals surface area (Å²) in [5, 5.41) is 2.10. The van der Waals surface area contributed by atoms with Crippen molar-refractivity contribution in [3.05, 3.63) is 83.5 Å². The molecule has 6 nitrogen and oxygen atoms in total. The summed E-state index contributed by atoms with van der Waals surface area (Å²) in [5.74, 6) is -0.383. The summed E-state index contributed by atoms with van der Waals surface area (Å²) in [5.41, 5.74) is 4.20. The molecule has 0 saturated carbocycles. The number of amides is 1. The number of aromatic nitrogens is 2. The number of nitrogens with zero attached hydrogens (tertiary/aromatic N) is 3. The van der Waals surface area contributed by atoms with Gasteiger partial charge in [0.05, 0.1) is 18.7 Å². The quantitative estimate of drug-likeness (QED) is 0.313. The van der Waals surface area contributed by atoms with Crippen LogP contribution in [0.25, 0.3) is 16.2 Å². The molecule has 33 heavy (non-hydrogen) atoms. The highest BCUT2D eigenvalue weighted by Gasteiger charge is 2.17. The monoisotopic (exact) mass is 461 g/mol. The average Bonchev–Trinajstić information content (AvgIpc) is 3.43. The maximum atomic E-state index is 13.0. The van der Waals surface area contributed by atoms with E-state index >= 15 is 0 Å². The van der Waals surface area contributed by atoms with E-state index in [1.807, 2.05) is 53.4 Å². The number of benzene rings is 2. The van der Waals surface area contributed by atoms with Gasteiger partial charge in [0.2, 0.25) is 5.91 Å². The molecule has 0 aliphatic rings. The van der Waals surface area contributed by atoms with Crippen molar-refractivity contribution in [1.29, 1.82) is 0 Å². The lowest BCUT2D eigenvalue weighted by Gasteiger charge is -2.23. The number of fused-ring (bicyclic) bond motifs is 1. The largest absolute Gasteiger partial charge is 0.466 e. The number of hydrogen-bond acceptors (Lipinski definition) is 5. The molecule has 2 heterocycles. The summed E-state index contributed by atoms with van der Waals surface area (Å²) in [6, 6.07) is 20.0. The van der Waals surface area contributed by atoms with Gasteiger partial charge in [-0.05, 0) is 12.5 Å². The summed E-state index contributed by atoms with van der Waals surface area (Å²) in [6.45, 7) is 3.16. The molecule has 170 valence electrons. The van der Waals surface area contributed by atoms with Crippen molar-refractivity contribution in [3.8, 4) is 11.3 Å². The number of ether oxygens (including phenoxy) is 1. The van der Waals surface area contributed by atoms with E-state index in [0.717, 1.165) is 27.5 Å². The van der Waals surface area contributed by atoms with Crippen LogP contribution in [0, 0.1) is 0 Å². The van der Waals surface area contributed by atoms with Crippen LogP contribution in [-0.4, -0.2) is 39.3 Å². The van der Waals surface area contributed by atoms with Gasteiger partial charge in [-0.2, -0.15) is 0 Å². The van der Waals surface area contributed by atoms with Gasteiger partial charge in [-0.3, -0.25) is 14.0 Å². The number of hydrogen-bond donors (Lipinski definition) is 0. The first-order valence-corrected chi connectivity index (χ1v) is 12.0. The molecule has 0 unspecified atom stereocenters. The van der Waals surface area contributed by atoms with Gasteiger partial charge in [0, 0.05) is 48.8 Å². The molecule has 2 aromatic carbocycles. The number of imidazole rings is 1. The topological polar surface area (TPSA) is 63.9 Å². The van der Waals surface area contributed by atoms with E-state index in [1.54, 1.807) is 18.3 Å². The van der Waals surface area contributed by atoms with Crippen molar-refractivity contribution < 1.29 is 14.3 Å². The molecule has 0 atom stereocenters. The molecule has 0 aliphatic heterocycles. The molecule has 0 N–H and O–H groups in total. The third-order valence-electron chi connectivity index (χ3n) is 5.41. The van der Waals surface area contributed by atoms with Gasteiger partial charge in [-0.25, -0.2) is 4.98 Å². The number of carbonyl (C=O) groups excluding carboxylic acids is 2. The molecule has 0 fully saturated rings. The molecule has 2 aromatic heterocycles. The SMILES string of the molecule is CCOC(=O)CCC(=O)N(CCc1csc2nc(-c3ccccc3)cn12)Cc1ccccc1. The maximum Gasteiger partial charge on any atom is 0.306 e. The lowest BCUT2D eigenvalue weighted by Crippen LogP contribution is -2.33. The zero-order chi connectivity index (χ0) is 23.0. The Kier molecular flexibility index (Phi) is 7.52. The second-order valence-corrected chi connectivity index (χ2v) is 8.56. The van der Waals surface area contributed by atoms with Crippen LogP contribution >= 0.6 is 11.3 Å². The predicted octanol–water partition coefficient (Wildman–Crippen LogP) is 4.98. The minimum Gasteiger partial charge on any atom is -0.466 e. The Morgan fingerprint density at radius 2 is 1.76 bits per heavy atom. The standard InChI is InChI=1S/C26H27N3O3S/c1-2-32-25(31)14-13-24(30)28(17-20-9-5-3-6-10-20)16-15-22-19-33-26-27-23(18-29(22)26)21-11-7-4-8-12-21/h3-12,18-19H,2,13-17H2,1H3. The third-order valence-corrected chi connectivity index (χ3v) is 6.30. The Hall–Kier alpha value is -3.45. The van der Waals surface area contributed by atoms with Gasteiger partial charge >= 0.3 is 5.97 Å². The van der Waals surface area contributed by atoms with Crippen molar-refractivity contribution in [3.63, 3.8) is 0 Å². The lowest BCUT2D eigenvalue weighted by atomic mass is 10.1. The van der Waals surface area contributed by atoms with E-state index in [9.17, 15) is 9.59 Å². The Labute approximate surface area is 197 Å². The third kappa shape index (κ3) is 5.87. The highest BCUT2D eigenvalue weighted by atomic mass is 32.1. The molecule has 4 rings (SSSR count). The average molecular weight is 462 g/mol. The first-order valence-electron chi connectivity index (χ1n) is 11.1. The predicted molar refractivity (Wildman–Crippen MR) is 130 cm³/mol. The summed E-state index contributed by atoms with van der Waals surface area (Å²) in [7, 11) is 0. The van der Waals surface area contributed by atoms with Gasteiger partial charge in [0.1, 0.15) is 0 Å². The fourth-order valence-electron chi connectivity index (χ4n) is 3.70. The molecular weight excluding hydrogens is 434 g/mol. The van der Waals surface area contributed by atoms with Gasteiger partial charge in [0.15, 0.2) is 4.96 Å². The summed E-state index contributed by atoms with van der Waals surface area (Å²) in [6.07, 6.45) is 3.00. The van der Waals surface area contributed by atoms with Crippen LogP contribution in [0.4, 0.5) is 0 Å². The van der Waals surface area contributed by atoms with Crippen LogP contribution in [0.2, 0.25) is 0 Å². The van der Waals surface area contributed by atoms with E-state index in [0.29, 0.717) is 26.1 Å². The Morgan fingerprint density at radius 3 is 2.48 bits per heavy atom. The summed E-state index contributed by atoms with van der Waals surface area (Å²) >= 11 is 1.60. The van der Waals surface area contributed by atoms with Crippen molar-refractivity contribution in [2.75, 3.05) is 13.2 Å². The van der Waals surface area contributed by atoms with Gasteiger partial charge in [-0.1, -0.05) is 60.7 Å². The van der Waals surface area contributed by atoms with Crippen LogP contribution in [0.1, 0.15) is 31.0 Å². The molecule has 4 aromatic rings. The van der Waals surface area contributed by atoms with E-state index in [4.69, 9.17) is 9.72 Å². The van der Waals surface area contributed by atoms with Crippen molar-refractivity contribution in [2.24, 2.45) is 0 Å². The molecule has 0 spiro atoms. The van der Waals surface area contributed by atoms with Crippen LogP contribution in [0.3, 0.4) is 0 Å². The molecule has 0 radical (unpaired) electrons.